The highest BCUT2D eigenvalue weighted by atomic mass is 15.5. The highest BCUT2D eigenvalue weighted by Gasteiger charge is 2.29. The standard InChI is InChI=1S/C19H17N3/c1-3-8-15(9-4-1)19-14-18(17-12-7-13-20-17)21-22(19)16-10-5-2-6-11-16/h1-13,19-20H,14H2. The molecule has 2 heterocycles. The minimum Gasteiger partial charge on any atom is -0.360 e. The first-order valence-corrected chi connectivity index (χ1v) is 7.52. The highest BCUT2D eigenvalue weighted by Crippen LogP contribution is 2.36. The summed E-state index contributed by atoms with van der Waals surface area (Å²) in [5.74, 6) is 0. The van der Waals surface area contributed by atoms with Crippen molar-refractivity contribution in [2.45, 2.75) is 12.5 Å². The third-order valence-electron chi connectivity index (χ3n) is 4.02. The molecular formula is C19H17N3. The van der Waals surface area contributed by atoms with Gasteiger partial charge in [-0.25, -0.2) is 0 Å². The van der Waals surface area contributed by atoms with E-state index in [0.717, 1.165) is 23.5 Å². The summed E-state index contributed by atoms with van der Waals surface area (Å²) in [4.78, 5) is 3.27. The molecule has 0 spiro atoms. The number of anilines is 1. The second kappa shape index (κ2) is 5.53. The van der Waals surface area contributed by atoms with Gasteiger partial charge in [0.1, 0.15) is 0 Å². The fraction of sp³-hybridized carbons (Fsp3) is 0.105. The van der Waals surface area contributed by atoms with Gasteiger partial charge in [0.2, 0.25) is 0 Å². The monoisotopic (exact) mass is 287 g/mol. The summed E-state index contributed by atoms with van der Waals surface area (Å²) >= 11 is 0. The minimum atomic E-state index is 0.238. The lowest BCUT2D eigenvalue weighted by Gasteiger charge is -2.23. The van der Waals surface area contributed by atoms with Gasteiger partial charge in [0.15, 0.2) is 0 Å². The summed E-state index contributed by atoms with van der Waals surface area (Å²) in [6, 6.07) is 25.3. The quantitative estimate of drug-likeness (QED) is 0.762. The van der Waals surface area contributed by atoms with E-state index in [1.54, 1.807) is 0 Å². The molecule has 2 aromatic carbocycles. The van der Waals surface area contributed by atoms with Crippen molar-refractivity contribution in [1.82, 2.24) is 4.98 Å². The first-order chi connectivity index (χ1) is 10.9. The second-order valence-electron chi connectivity index (χ2n) is 5.44. The van der Waals surface area contributed by atoms with Crippen LogP contribution in [0.25, 0.3) is 0 Å². The number of hydrogen-bond donors (Lipinski definition) is 1. The summed E-state index contributed by atoms with van der Waals surface area (Å²) in [7, 11) is 0. The number of H-pyrrole nitrogens is 1. The van der Waals surface area contributed by atoms with Crippen LogP contribution in [0.1, 0.15) is 23.7 Å². The van der Waals surface area contributed by atoms with E-state index in [9.17, 15) is 0 Å². The van der Waals surface area contributed by atoms with Gasteiger partial charge in [-0.1, -0.05) is 48.5 Å². The molecule has 0 radical (unpaired) electrons. The second-order valence-corrected chi connectivity index (χ2v) is 5.44. The Bertz CT molecular complexity index is 761. The molecule has 1 unspecified atom stereocenters. The third kappa shape index (κ3) is 2.31. The molecule has 0 bridgehead atoms. The van der Waals surface area contributed by atoms with E-state index in [2.05, 4.69) is 70.7 Å². The number of aromatic nitrogens is 1. The normalized spacial score (nSPS) is 17.5. The predicted molar refractivity (Wildman–Crippen MR) is 90.1 cm³/mol. The molecule has 0 saturated carbocycles. The molecule has 108 valence electrons. The minimum absolute atomic E-state index is 0.238. The number of aromatic amines is 1. The molecule has 0 aliphatic carbocycles. The zero-order chi connectivity index (χ0) is 14.8. The van der Waals surface area contributed by atoms with Crippen molar-refractivity contribution in [1.29, 1.82) is 0 Å². The summed E-state index contributed by atoms with van der Waals surface area (Å²) in [5, 5.41) is 7.01. The molecular weight excluding hydrogens is 270 g/mol. The first-order valence-electron chi connectivity index (χ1n) is 7.52. The molecule has 1 aliphatic heterocycles. The van der Waals surface area contributed by atoms with Gasteiger partial charge in [0, 0.05) is 12.6 Å². The maximum Gasteiger partial charge on any atom is 0.0868 e. The third-order valence-corrected chi connectivity index (χ3v) is 4.02. The number of nitrogens with one attached hydrogen (secondary N) is 1. The maximum atomic E-state index is 4.88. The fourth-order valence-electron chi connectivity index (χ4n) is 2.94. The van der Waals surface area contributed by atoms with Gasteiger partial charge < -0.3 is 4.98 Å². The van der Waals surface area contributed by atoms with Gasteiger partial charge in [-0.15, -0.1) is 0 Å². The summed E-state index contributed by atoms with van der Waals surface area (Å²) in [6.07, 6.45) is 2.85. The number of nitrogens with zero attached hydrogens (tertiary/aromatic N) is 2. The topological polar surface area (TPSA) is 31.4 Å². The van der Waals surface area contributed by atoms with E-state index < -0.39 is 0 Å². The lowest BCUT2D eigenvalue weighted by Crippen LogP contribution is -2.18. The Balaban J connectivity index is 1.75. The van der Waals surface area contributed by atoms with E-state index in [0.29, 0.717) is 0 Å². The Kier molecular flexibility index (Phi) is 3.24. The van der Waals surface area contributed by atoms with Gasteiger partial charge in [-0.3, -0.25) is 5.01 Å². The molecule has 3 heteroatoms. The number of hydrazone groups is 1. The fourth-order valence-corrected chi connectivity index (χ4v) is 2.94. The molecule has 0 saturated heterocycles. The molecule has 3 nitrogen and oxygen atoms in total. The SMILES string of the molecule is c1ccc(C2CC(c3ccc[nH]3)=NN2c2ccccc2)cc1. The molecule has 1 aliphatic rings. The number of rotatable bonds is 3. The summed E-state index contributed by atoms with van der Waals surface area (Å²) < 4.78 is 0. The van der Waals surface area contributed by atoms with Crippen LogP contribution in [-0.4, -0.2) is 10.7 Å². The Morgan fingerprint density at radius 2 is 1.59 bits per heavy atom. The molecule has 22 heavy (non-hydrogen) atoms. The number of para-hydroxylation sites is 1. The van der Waals surface area contributed by atoms with E-state index >= 15 is 0 Å². The predicted octanol–water partition coefficient (Wildman–Crippen LogP) is 4.37. The zero-order valence-corrected chi connectivity index (χ0v) is 12.2. The van der Waals surface area contributed by atoms with Crippen molar-refractivity contribution in [2.24, 2.45) is 5.10 Å². The molecule has 4 rings (SSSR count). The van der Waals surface area contributed by atoms with Gasteiger partial charge in [0.05, 0.1) is 23.1 Å². The summed E-state index contributed by atoms with van der Waals surface area (Å²) in [5.41, 5.74) is 4.61. The smallest absolute Gasteiger partial charge is 0.0868 e. The van der Waals surface area contributed by atoms with E-state index in [4.69, 9.17) is 5.10 Å². The van der Waals surface area contributed by atoms with Crippen LogP contribution in [0.2, 0.25) is 0 Å². The highest BCUT2D eigenvalue weighted by molar-refractivity contribution is 6.01. The van der Waals surface area contributed by atoms with Gasteiger partial charge >= 0.3 is 0 Å². The van der Waals surface area contributed by atoms with E-state index in [1.807, 2.05) is 18.3 Å². The Morgan fingerprint density at radius 1 is 0.864 bits per heavy atom. The number of hydrogen-bond acceptors (Lipinski definition) is 2. The van der Waals surface area contributed by atoms with Crippen LogP contribution < -0.4 is 5.01 Å². The van der Waals surface area contributed by atoms with Crippen LogP contribution in [0.4, 0.5) is 5.69 Å². The van der Waals surface area contributed by atoms with Crippen molar-refractivity contribution < 1.29 is 0 Å². The average Bonchev–Trinajstić information content (AvgIpc) is 3.26. The van der Waals surface area contributed by atoms with Crippen LogP contribution in [-0.2, 0) is 0 Å². The largest absolute Gasteiger partial charge is 0.360 e. The Labute approximate surface area is 129 Å². The maximum absolute atomic E-state index is 4.88. The van der Waals surface area contributed by atoms with Gasteiger partial charge in [-0.05, 0) is 29.8 Å². The van der Waals surface area contributed by atoms with Crippen molar-refractivity contribution >= 4 is 11.4 Å². The van der Waals surface area contributed by atoms with Gasteiger partial charge in [-0.2, -0.15) is 5.10 Å². The van der Waals surface area contributed by atoms with Gasteiger partial charge in [0.25, 0.3) is 0 Å². The van der Waals surface area contributed by atoms with Crippen molar-refractivity contribution in [2.75, 3.05) is 5.01 Å². The van der Waals surface area contributed by atoms with Crippen molar-refractivity contribution in [3.63, 3.8) is 0 Å². The van der Waals surface area contributed by atoms with Crippen LogP contribution in [0, 0.1) is 0 Å². The Morgan fingerprint density at radius 3 is 2.27 bits per heavy atom. The average molecular weight is 287 g/mol. The van der Waals surface area contributed by atoms with E-state index in [-0.39, 0.29) is 6.04 Å². The lowest BCUT2D eigenvalue weighted by atomic mass is 10.0. The first kappa shape index (κ1) is 12.9. The van der Waals surface area contributed by atoms with Crippen LogP contribution in [0.15, 0.2) is 84.1 Å². The molecule has 3 aromatic rings. The lowest BCUT2D eigenvalue weighted by molar-refractivity contribution is 0.709. The van der Waals surface area contributed by atoms with Crippen molar-refractivity contribution in [3.8, 4) is 0 Å². The van der Waals surface area contributed by atoms with Crippen LogP contribution in [0.5, 0.6) is 0 Å². The molecule has 0 fully saturated rings. The summed E-state index contributed by atoms with van der Waals surface area (Å²) in [6.45, 7) is 0. The molecule has 0 amide bonds. The zero-order valence-electron chi connectivity index (χ0n) is 12.2. The molecule has 1 atom stereocenters. The molecule has 1 aromatic heterocycles. The number of benzene rings is 2. The van der Waals surface area contributed by atoms with E-state index in [1.165, 1.54) is 5.56 Å². The Hall–Kier alpha value is -2.81. The van der Waals surface area contributed by atoms with Crippen LogP contribution >= 0.6 is 0 Å². The molecule has 1 N–H and O–H groups in total. The van der Waals surface area contributed by atoms with Crippen molar-refractivity contribution in [3.05, 3.63) is 90.3 Å². The van der Waals surface area contributed by atoms with Crippen LogP contribution in [0.3, 0.4) is 0 Å².